The van der Waals surface area contributed by atoms with Gasteiger partial charge in [-0.2, -0.15) is 0 Å². The Morgan fingerprint density at radius 1 is 0.794 bits per heavy atom. The lowest BCUT2D eigenvalue weighted by Gasteiger charge is -2.16. The topological polar surface area (TPSA) is 36.3 Å². The molecule has 4 aromatic carbocycles. The molecule has 0 spiro atoms. The van der Waals surface area contributed by atoms with Gasteiger partial charge in [-0.15, -0.1) is 0 Å². The summed E-state index contributed by atoms with van der Waals surface area (Å²) in [7, 11) is 1.70. The summed E-state index contributed by atoms with van der Waals surface area (Å²) in [5.74, 6) is 3.10. The molecule has 0 amide bonds. The van der Waals surface area contributed by atoms with Crippen LogP contribution in [0.5, 0.6) is 11.5 Å². The lowest BCUT2D eigenvalue weighted by Crippen LogP contribution is -2.09. The predicted molar refractivity (Wildman–Crippen MR) is 139 cm³/mol. The molecule has 1 aromatic heterocycles. The van der Waals surface area contributed by atoms with Crippen molar-refractivity contribution in [3.05, 3.63) is 102 Å². The zero-order valence-electron chi connectivity index (χ0n) is 19.8. The standard InChI is InChI=1S/C30H30N2O2/c1-22(23-14-15-25-21-27(33-2)17-16-24(25)20-23)30-31-28-12-6-7-13-29(28)32(30)18-8-9-19-34-26-10-4-3-5-11-26/h3-7,10-17,20-22H,8-9,18-19H2,1-2H3. The molecule has 34 heavy (non-hydrogen) atoms. The molecule has 1 heterocycles. The van der Waals surface area contributed by atoms with Crippen LogP contribution in [0.1, 0.15) is 37.1 Å². The van der Waals surface area contributed by atoms with Gasteiger partial charge in [0.2, 0.25) is 0 Å². The average molecular weight is 451 g/mol. The zero-order chi connectivity index (χ0) is 23.3. The van der Waals surface area contributed by atoms with Gasteiger partial charge in [0.25, 0.3) is 0 Å². The molecule has 1 atom stereocenters. The molecule has 172 valence electrons. The molecule has 0 fully saturated rings. The first-order valence-corrected chi connectivity index (χ1v) is 11.9. The van der Waals surface area contributed by atoms with Crippen molar-refractivity contribution in [2.75, 3.05) is 13.7 Å². The van der Waals surface area contributed by atoms with Crippen LogP contribution in [-0.2, 0) is 6.54 Å². The average Bonchev–Trinajstić information content (AvgIpc) is 3.26. The van der Waals surface area contributed by atoms with Gasteiger partial charge in [0.05, 0.1) is 24.8 Å². The van der Waals surface area contributed by atoms with Crippen molar-refractivity contribution in [1.82, 2.24) is 9.55 Å². The Bertz CT molecular complexity index is 1390. The summed E-state index contributed by atoms with van der Waals surface area (Å²) in [5, 5.41) is 2.40. The van der Waals surface area contributed by atoms with E-state index in [1.165, 1.54) is 21.9 Å². The Morgan fingerprint density at radius 3 is 2.41 bits per heavy atom. The van der Waals surface area contributed by atoms with Gasteiger partial charge in [-0.25, -0.2) is 4.98 Å². The molecule has 4 heteroatoms. The van der Waals surface area contributed by atoms with Crippen LogP contribution in [0.15, 0.2) is 91.0 Å². The van der Waals surface area contributed by atoms with E-state index in [2.05, 4.69) is 66.1 Å². The first-order valence-electron chi connectivity index (χ1n) is 11.9. The first-order chi connectivity index (χ1) is 16.7. The molecule has 4 nitrogen and oxygen atoms in total. The lowest BCUT2D eigenvalue weighted by molar-refractivity contribution is 0.303. The van der Waals surface area contributed by atoms with Gasteiger partial charge in [0.1, 0.15) is 17.3 Å². The van der Waals surface area contributed by atoms with Crippen molar-refractivity contribution in [1.29, 1.82) is 0 Å². The lowest BCUT2D eigenvalue weighted by atomic mass is 9.97. The Balaban J connectivity index is 1.36. The van der Waals surface area contributed by atoms with Crippen molar-refractivity contribution >= 4 is 21.8 Å². The second-order valence-corrected chi connectivity index (χ2v) is 8.67. The fourth-order valence-corrected chi connectivity index (χ4v) is 4.53. The molecule has 0 N–H and O–H groups in total. The predicted octanol–water partition coefficient (Wildman–Crippen LogP) is 7.21. The second-order valence-electron chi connectivity index (χ2n) is 8.67. The zero-order valence-corrected chi connectivity index (χ0v) is 19.8. The number of aryl methyl sites for hydroxylation is 1. The Hall–Kier alpha value is -3.79. The molecule has 0 radical (unpaired) electrons. The summed E-state index contributed by atoms with van der Waals surface area (Å²) in [6.07, 6.45) is 2.03. The van der Waals surface area contributed by atoms with Crippen LogP contribution >= 0.6 is 0 Å². The molecule has 0 aliphatic rings. The number of para-hydroxylation sites is 3. The summed E-state index contributed by atoms with van der Waals surface area (Å²) in [5.41, 5.74) is 3.51. The summed E-state index contributed by atoms with van der Waals surface area (Å²) in [4.78, 5) is 5.05. The van der Waals surface area contributed by atoms with Crippen molar-refractivity contribution in [3.63, 3.8) is 0 Å². The number of aromatic nitrogens is 2. The Labute approximate surface area is 200 Å². The second kappa shape index (κ2) is 10.0. The highest BCUT2D eigenvalue weighted by Crippen LogP contribution is 2.31. The molecule has 5 aromatic rings. The van der Waals surface area contributed by atoms with Gasteiger partial charge < -0.3 is 14.0 Å². The largest absolute Gasteiger partial charge is 0.497 e. The smallest absolute Gasteiger partial charge is 0.119 e. The number of nitrogens with zero attached hydrogens (tertiary/aromatic N) is 2. The van der Waals surface area contributed by atoms with Crippen LogP contribution in [0.3, 0.4) is 0 Å². The van der Waals surface area contributed by atoms with E-state index in [9.17, 15) is 0 Å². The number of hydrogen-bond acceptors (Lipinski definition) is 3. The first kappa shape index (κ1) is 22.0. The molecule has 5 rings (SSSR count). The van der Waals surface area contributed by atoms with Crippen LogP contribution in [0.25, 0.3) is 21.8 Å². The normalized spacial score (nSPS) is 12.2. The number of methoxy groups -OCH3 is 1. The molecule has 0 aliphatic carbocycles. The van der Waals surface area contributed by atoms with E-state index in [0.29, 0.717) is 0 Å². The highest BCUT2D eigenvalue weighted by atomic mass is 16.5. The van der Waals surface area contributed by atoms with E-state index < -0.39 is 0 Å². The number of ether oxygens (including phenoxy) is 2. The highest BCUT2D eigenvalue weighted by molar-refractivity contribution is 5.85. The third-order valence-electron chi connectivity index (χ3n) is 6.43. The maximum atomic E-state index is 5.88. The number of benzene rings is 4. The van der Waals surface area contributed by atoms with Crippen molar-refractivity contribution in [2.24, 2.45) is 0 Å². The van der Waals surface area contributed by atoms with Crippen LogP contribution in [-0.4, -0.2) is 23.3 Å². The molecule has 1 unspecified atom stereocenters. The van der Waals surface area contributed by atoms with Crippen LogP contribution < -0.4 is 9.47 Å². The quantitative estimate of drug-likeness (QED) is 0.223. The van der Waals surface area contributed by atoms with Crippen LogP contribution in [0, 0.1) is 0 Å². The fraction of sp³-hybridized carbons (Fsp3) is 0.233. The highest BCUT2D eigenvalue weighted by Gasteiger charge is 2.18. The Morgan fingerprint density at radius 2 is 1.56 bits per heavy atom. The number of rotatable bonds is 9. The maximum Gasteiger partial charge on any atom is 0.119 e. The number of hydrogen-bond donors (Lipinski definition) is 0. The van der Waals surface area contributed by atoms with E-state index in [4.69, 9.17) is 14.5 Å². The third-order valence-corrected chi connectivity index (χ3v) is 6.43. The van der Waals surface area contributed by atoms with Gasteiger partial charge >= 0.3 is 0 Å². The minimum absolute atomic E-state index is 0.180. The van der Waals surface area contributed by atoms with Gasteiger partial charge in [-0.3, -0.25) is 0 Å². The molecular weight excluding hydrogens is 420 g/mol. The molecule has 0 aliphatic heterocycles. The summed E-state index contributed by atoms with van der Waals surface area (Å²) < 4.78 is 13.6. The van der Waals surface area contributed by atoms with E-state index in [0.717, 1.165) is 48.8 Å². The molecule has 0 bridgehead atoms. The van der Waals surface area contributed by atoms with Gasteiger partial charge in [-0.05, 0) is 65.6 Å². The monoisotopic (exact) mass is 450 g/mol. The summed E-state index contributed by atoms with van der Waals surface area (Å²) in [6.45, 7) is 3.89. The fourth-order valence-electron chi connectivity index (χ4n) is 4.53. The number of fused-ring (bicyclic) bond motifs is 2. The molecular formula is C30H30N2O2. The van der Waals surface area contributed by atoms with Crippen molar-refractivity contribution in [2.45, 2.75) is 32.2 Å². The van der Waals surface area contributed by atoms with Crippen molar-refractivity contribution < 1.29 is 9.47 Å². The minimum atomic E-state index is 0.180. The molecule has 0 saturated heterocycles. The van der Waals surface area contributed by atoms with Gasteiger partial charge in [0.15, 0.2) is 0 Å². The summed E-state index contributed by atoms with van der Waals surface area (Å²) >= 11 is 0. The minimum Gasteiger partial charge on any atom is -0.497 e. The van der Waals surface area contributed by atoms with Crippen molar-refractivity contribution in [3.8, 4) is 11.5 Å². The van der Waals surface area contributed by atoms with Gasteiger partial charge in [0, 0.05) is 12.5 Å². The van der Waals surface area contributed by atoms with E-state index >= 15 is 0 Å². The van der Waals surface area contributed by atoms with Crippen LogP contribution in [0.2, 0.25) is 0 Å². The van der Waals surface area contributed by atoms with E-state index in [1.807, 2.05) is 36.4 Å². The van der Waals surface area contributed by atoms with E-state index in [1.54, 1.807) is 7.11 Å². The number of unbranched alkanes of at least 4 members (excludes halogenated alkanes) is 1. The summed E-state index contributed by atoms with van der Waals surface area (Å²) in [6, 6.07) is 31.3. The molecule has 0 saturated carbocycles. The SMILES string of the molecule is COc1ccc2cc(C(C)c3nc4ccccc4n3CCCCOc3ccccc3)ccc2c1. The Kier molecular flexibility index (Phi) is 6.48. The maximum absolute atomic E-state index is 5.88. The van der Waals surface area contributed by atoms with Crippen LogP contribution in [0.4, 0.5) is 0 Å². The third kappa shape index (κ3) is 4.62. The van der Waals surface area contributed by atoms with Gasteiger partial charge in [-0.1, -0.05) is 61.5 Å². The van der Waals surface area contributed by atoms with E-state index in [-0.39, 0.29) is 5.92 Å². The number of imidazole rings is 1.